The summed E-state index contributed by atoms with van der Waals surface area (Å²) in [5, 5.41) is 10.6. The van der Waals surface area contributed by atoms with Crippen LogP contribution in [0.5, 0.6) is 0 Å². The summed E-state index contributed by atoms with van der Waals surface area (Å²) in [6.07, 6.45) is 83.0. The highest BCUT2D eigenvalue weighted by atomic mass is 31.2. The first-order chi connectivity index (χ1) is 49.7. The van der Waals surface area contributed by atoms with Gasteiger partial charge in [-0.2, -0.15) is 0 Å². The molecule has 0 aliphatic rings. The summed E-state index contributed by atoms with van der Waals surface area (Å²) in [5.41, 5.74) is 0. The number of phosphoric acid groups is 2. The van der Waals surface area contributed by atoms with Gasteiger partial charge in [-0.05, 0) is 154 Å². The summed E-state index contributed by atoms with van der Waals surface area (Å²) in [4.78, 5) is 72.9. The predicted octanol–water partition coefficient (Wildman–Crippen LogP) is 22.9. The molecule has 584 valence electrons. The monoisotopic (exact) mass is 1470 g/mol. The molecule has 2 unspecified atom stereocenters. The summed E-state index contributed by atoms with van der Waals surface area (Å²) in [6.45, 7) is 4.57. The second-order valence-corrected chi connectivity index (χ2v) is 28.8. The van der Waals surface area contributed by atoms with Crippen molar-refractivity contribution in [2.75, 3.05) is 39.6 Å². The molecule has 0 amide bonds. The highest BCUT2D eigenvalue weighted by Gasteiger charge is 2.30. The Morgan fingerprint density at radius 3 is 0.873 bits per heavy atom. The quantitative estimate of drug-likeness (QED) is 0.0169. The van der Waals surface area contributed by atoms with Gasteiger partial charge in [-0.3, -0.25) is 37.3 Å². The topological polar surface area (TPSA) is 237 Å². The van der Waals surface area contributed by atoms with Crippen LogP contribution in [0.1, 0.15) is 310 Å². The number of carbonyl (C=O) groups is 4. The summed E-state index contributed by atoms with van der Waals surface area (Å²) >= 11 is 0. The lowest BCUT2D eigenvalue weighted by Crippen LogP contribution is -2.30. The Morgan fingerprint density at radius 1 is 0.284 bits per heavy atom. The van der Waals surface area contributed by atoms with Gasteiger partial charge in [0, 0.05) is 25.7 Å². The maximum atomic E-state index is 13.1. The number of aliphatic hydroxyl groups excluding tert-OH is 1. The molecule has 0 bridgehead atoms. The van der Waals surface area contributed by atoms with Crippen molar-refractivity contribution in [1.82, 2.24) is 0 Å². The normalized spacial score (nSPS) is 14.6. The first-order valence-corrected chi connectivity index (χ1v) is 42.4. The molecule has 19 heteroatoms. The smallest absolute Gasteiger partial charge is 0.462 e. The molecule has 0 saturated carbocycles. The van der Waals surface area contributed by atoms with Gasteiger partial charge < -0.3 is 33.8 Å². The Morgan fingerprint density at radius 2 is 0.529 bits per heavy atom. The zero-order valence-electron chi connectivity index (χ0n) is 63.7. The third-order valence-electron chi connectivity index (χ3n) is 16.1. The van der Waals surface area contributed by atoms with Gasteiger partial charge in [0.1, 0.15) is 19.3 Å². The molecule has 0 aliphatic carbocycles. The second kappa shape index (κ2) is 74.5. The minimum absolute atomic E-state index is 0.0367. The standard InChI is InChI=1S/C83H140O17P2/c1-5-9-13-17-21-25-29-33-36-37-38-39-42-46-50-54-58-62-66-70-83(88)100-79(74-94-81(86)68-64-60-56-52-48-44-40-34-30-26-22-18-14-10-6-2)76-98-102(91,92)96-72-77(84)71-95-101(89,90)97-75-78(73-93-80(85)67-63-59-55-51-47-43-32-28-24-20-16-12-8-4)99-82(87)69-65-61-57-53-49-45-41-35-31-27-23-19-15-11-7-3/h9,13,21-23,25-28,32-36,38-41,46,50,58,62,77-79,84H,5-8,10-12,14-20,24,29-31,37,42-45,47-49,51-57,59-61,63-76H2,1-4H3,(H,89,90)(H,91,92)/b13-9-,25-21-,26-22-,27-23-,32-28-,36-33-,39-38-,40-34-,41-35-,50-46-,62-58-/t77-,78+,79+/m0/s1. The van der Waals surface area contributed by atoms with Crippen LogP contribution >= 0.6 is 15.6 Å². The number of phosphoric ester groups is 2. The zero-order chi connectivity index (χ0) is 74.6. The van der Waals surface area contributed by atoms with E-state index in [0.29, 0.717) is 32.1 Å². The Bertz CT molecular complexity index is 2460. The highest BCUT2D eigenvalue weighted by molar-refractivity contribution is 7.47. The fraction of sp³-hybridized carbons (Fsp3) is 0.687. The largest absolute Gasteiger partial charge is 0.472 e. The number of aliphatic hydroxyl groups is 1. The number of ether oxygens (including phenoxy) is 4. The van der Waals surface area contributed by atoms with Crippen LogP contribution in [0.4, 0.5) is 0 Å². The van der Waals surface area contributed by atoms with Gasteiger partial charge in [-0.1, -0.05) is 264 Å². The fourth-order valence-corrected chi connectivity index (χ4v) is 11.6. The third kappa shape index (κ3) is 73.5. The van der Waals surface area contributed by atoms with Gasteiger partial charge in [0.05, 0.1) is 26.4 Å². The lowest BCUT2D eigenvalue weighted by molar-refractivity contribution is -0.161. The van der Waals surface area contributed by atoms with Crippen LogP contribution in [-0.4, -0.2) is 96.7 Å². The Hall–Kier alpha value is -4.80. The average Bonchev–Trinajstić information content (AvgIpc) is 1.21. The van der Waals surface area contributed by atoms with Gasteiger partial charge in [0.2, 0.25) is 0 Å². The fourth-order valence-electron chi connectivity index (χ4n) is 10.1. The van der Waals surface area contributed by atoms with E-state index in [-0.39, 0.29) is 25.7 Å². The van der Waals surface area contributed by atoms with E-state index in [2.05, 4.69) is 143 Å². The lowest BCUT2D eigenvalue weighted by Gasteiger charge is -2.21. The molecule has 0 spiro atoms. The molecular formula is C83H140O17P2. The summed E-state index contributed by atoms with van der Waals surface area (Å²) in [5.74, 6) is -2.31. The Kier molecular flexibility index (Phi) is 71.0. The maximum absolute atomic E-state index is 13.1. The van der Waals surface area contributed by atoms with Crippen molar-refractivity contribution < 1.29 is 80.2 Å². The van der Waals surface area contributed by atoms with Crippen LogP contribution < -0.4 is 0 Å². The number of rotatable bonds is 73. The third-order valence-corrected chi connectivity index (χ3v) is 18.0. The van der Waals surface area contributed by atoms with Crippen molar-refractivity contribution in [2.45, 2.75) is 329 Å². The molecule has 3 N–H and O–H groups in total. The van der Waals surface area contributed by atoms with Crippen molar-refractivity contribution in [2.24, 2.45) is 0 Å². The highest BCUT2D eigenvalue weighted by Crippen LogP contribution is 2.45. The Balaban J connectivity index is 5.46. The maximum Gasteiger partial charge on any atom is 0.472 e. The van der Waals surface area contributed by atoms with Gasteiger partial charge in [0.15, 0.2) is 12.2 Å². The first-order valence-electron chi connectivity index (χ1n) is 39.4. The second-order valence-electron chi connectivity index (χ2n) is 25.9. The number of hydrogen-bond acceptors (Lipinski definition) is 15. The van der Waals surface area contributed by atoms with Gasteiger partial charge in [-0.15, -0.1) is 0 Å². The van der Waals surface area contributed by atoms with Crippen molar-refractivity contribution >= 4 is 39.5 Å². The van der Waals surface area contributed by atoms with E-state index < -0.39 is 97.5 Å². The molecular weight excluding hydrogens is 1330 g/mol. The molecule has 0 aromatic rings. The minimum Gasteiger partial charge on any atom is -0.462 e. The van der Waals surface area contributed by atoms with E-state index in [1.807, 2.05) is 18.2 Å². The average molecular weight is 1470 g/mol. The van der Waals surface area contributed by atoms with Crippen molar-refractivity contribution in [3.63, 3.8) is 0 Å². The van der Waals surface area contributed by atoms with E-state index in [1.165, 1.54) is 64.2 Å². The summed E-state index contributed by atoms with van der Waals surface area (Å²) in [7, 11) is -9.99. The molecule has 0 rings (SSSR count). The van der Waals surface area contributed by atoms with Gasteiger partial charge in [-0.25, -0.2) is 9.13 Å². The van der Waals surface area contributed by atoms with E-state index in [9.17, 15) is 43.2 Å². The van der Waals surface area contributed by atoms with Crippen LogP contribution in [-0.2, 0) is 65.4 Å². The number of allylic oxidation sites excluding steroid dienone is 22. The van der Waals surface area contributed by atoms with E-state index in [0.717, 1.165) is 161 Å². The van der Waals surface area contributed by atoms with E-state index in [1.54, 1.807) is 0 Å². The van der Waals surface area contributed by atoms with Crippen LogP contribution in [0.15, 0.2) is 134 Å². The summed E-state index contributed by atoms with van der Waals surface area (Å²) in [6, 6.07) is 0. The van der Waals surface area contributed by atoms with Crippen LogP contribution in [0.25, 0.3) is 0 Å². The number of hydrogen-bond donors (Lipinski definition) is 3. The van der Waals surface area contributed by atoms with Crippen LogP contribution in [0.3, 0.4) is 0 Å². The molecule has 5 atom stereocenters. The molecule has 0 saturated heterocycles. The number of esters is 4. The molecule has 0 aliphatic heterocycles. The molecule has 0 aromatic carbocycles. The first kappa shape index (κ1) is 97.2. The molecule has 17 nitrogen and oxygen atoms in total. The van der Waals surface area contributed by atoms with Gasteiger partial charge in [0.25, 0.3) is 0 Å². The van der Waals surface area contributed by atoms with Crippen LogP contribution in [0.2, 0.25) is 0 Å². The van der Waals surface area contributed by atoms with E-state index in [4.69, 9.17) is 37.0 Å². The van der Waals surface area contributed by atoms with Gasteiger partial charge >= 0.3 is 39.5 Å². The van der Waals surface area contributed by atoms with Crippen molar-refractivity contribution in [3.05, 3.63) is 134 Å². The minimum atomic E-state index is -5.00. The molecule has 0 fully saturated rings. The predicted molar refractivity (Wildman–Crippen MR) is 418 cm³/mol. The SMILES string of the molecule is CC/C=C\C/C=C\C/C=C\C/C=C\C/C=C\C/C=C\CCC(=O)O[C@H](COC(=O)CCCCCCC/C=C\C/C=C\CCCCC)COP(=O)(O)OC[C@@H](O)COP(=O)(O)OC[C@@H](COC(=O)CCCCCCC/C=C\CCCCCC)OC(=O)CCCCCCC/C=C\C/C=C\CCCCC. The van der Waals surface area contributed by atoms with Crippen molar-refractivity contribution in [3.8, 4) is 0 Å². The molecule has 0 heterocycles. The lowest BCUT2D eigenvalue weighted by atomic mass is 10.1. The number of carbonyl (C=O) groups excluding carboxylic acids is 4. The molecule has 0 radical (unpaired) electrons. The Labute approximate surface area is 618 Å². The van der Waals surface area contributed by atoms with Crippen LogP contribution in [0, 0.1) is 0 Å². The van der Waals surface area contributed by atoms with Crippen molar-refractivity contribution in [1.29, 1.82) is 0 Å². The number of unbranched alkanes of at least 4 members (excludes halogenated alkanes) is 25. The molecule has 102 heavy (non-hydrogen) atoms. The zero-order valence-corrected chi connectivity index (χ0v) is 65.5. The molecule has 0 aromatic heterocycles. The summed E-state index contributed by atoms with van der Waals surface area (Å²) < 4.78 is 68.4. The van der Waals surface area contributed by atoms with E-state index >= 15 is 0 Å².